The summed E-state index contributed by atoms with van der Waals surface area (Å²) in [5, 5.41) is 0. The monoisotopic (exact) mass is 426 g/mol. The standard InChI is InChI=1S/C26H50O4/c1-3-5-7-9-11-13-15-17-19-21-25(27)29-23-24-30-26(28)22-20-18-16-14-12-10-8-6-4-2/h3-24H2,1-2H3. The molecule has 0 amide bonds. The summed E-state index contributed by atoms with van der Waals surface area (Å²) in [5.74, 6) is -0.346. The van der Waals surface area contributed by atoms with E-state index in [4.69, 9.17) is 9.47 Å². The Morgan fingerprint density at radius 2 is 0.700 bits per heavy atom. The van der Waals surface area contributed by atoms with Crippen LogP contribution in [0.15, 0.2) is 0 Å². The van der Waals surface area contributed by atoms with Crippen LogP contribution in [-0.2, 0) is 19.1 Å². The number of hydrogen-bond acceptors (Lipinski definition) is 4. The molecule has 0 aromatic rings. The summed E-state index contributed by atoms with van der Waals surface area (Å²) in [4.78, 5) is 23.4. The van der Waals surface area contributed by atoms with Crippen LogP contribution < -0.4 is 0 Å². The second-order valence-corrected chi connectivity index (χ2v) is 8.60. The third kappa shape index (κ3) is 23.2. The van der Waals surface area contributed by atoms with Crippen molar-refractivity contribution in [2.75, 3.05) is 13.2 Å². The lowest BCUT2D eigenvalue weighted by atomic mass is 10.1. The summed E-state index contributed by atoms with van der Waals surface area (Å²) in [7, 11) is 0. The van der Waals surface area contributed by atoms with Crippen LogP contribution in [0.3, 0.4) is 0 Å². The summed E-state index contributed by atoms with van der Waals surface area (Å²) in [6.07, 6.45) is 23.2. The van der Waals surface area contributed by atoms with Gasteiger partial charge in [0.2, 0.25) is 0 Å². The van der Waals surface area contributed by atoms with Crippen molar-refractivity contribution >= 4 is 11.9 Å². The van der Waals surface area contributed by atoms with Crippen LogP contribution in [0.5, 0.6) is 0 Å². The number of hydrogen-bond donors (Lipinski definition) is 0. The van der Waals surface area contributed by atoms with Gasteiger partial charge in [0.25, 0.3) is 0 Å². The van der Waals surface area contributed by atoms with Crippen LogP contribution in [0.25, 0.3) is 0 Å². The minimum atomic E-state index is -0.173. The molecular formula is C26H50O4. The number of unbranched alkanes of at least 4 members (excludes halogenated alkanes) is 16. The Bertz CT molecular complexity index is 345. The average molecular weight is 427 g/mol. The van der Waals surface area contributed by atoms with Gasteiger partial charge in [-0.2, -0.15) is 0 Å². The van der Waals surface area contributed by atoms with Crippen molar-refractivity contribution in [1.82, 2.24) is 0 Å². The smallest absolute Gasteiger partial charge is 0.305 e. The highest BCUT2D eigenvalue weighted by Gasteiger charge is 2.05. The molecule has 0 spiro atoms. The lowest BCUT2D eigenvalue weighted by molar-refractivity contribution is -0.152. The summed E-state index contributed by atoms with van der Waals surface area (Å²) in [6, 6.07) is 0. The number of rotatable bonds is 23. The molecule has 0 saturated carbocycles. The van der Waals surface area contributed by atoms with Gasteiger partial charge in [-0.1, -0.05) is 117 Å². The largest absolute Gasteiger partial charge is 0.462 e. The average Bonchev–Trinajstić information content (AvgIpc) is 2.74. The molecule has 0 fully saturated rings. The fourth-order valence-corrected chi connectivity index (χ4v) is 3.62. The van der Waals surface area contributed by atoms with E-state index in [2.05, 4.69) is 13.8 Å². The molecule has 0 bridgehead atoms. The second-order valence-electron chi connectivity index (χ2n) is 8.60. The van der Waals surface area contributed by atoms with E-state index in [1.165, 1.54) is 89.9 Å². The van der Waals surface area contributed by atoms with Crippen molar-refractivity contribution in [2.24, 2.45) is 0 Å². The van der Waals surface area contributed by atoms with Crippen LogP contribution in [-0.4, -0.2) is 25.2 Å². The summed E-state index contributed by atoms with van der Waals surface area (Å²) < 4.78 is 10.3. The molecule has 4 heteroatoms. The van der Waals surface area contributed by atoms with Gasteiger partial charge < -0.3 is 9.47 Å². The van der Waals surface area contributed by atoms with E-state index in [9.17, 15) is 9.59 Å². The highest BCUT2D eigenvalue weighted by molar-refractivity contribution is 5.70. The maximum Gasteiger partial charge on any atom is 0.305 e. The summed E-state index contributed by atoms with van der Waals surface area (Å²) in [6.45, 7) is 4.84. The molecule has 30 heavy (non-hydrogen) atoms. The lowest BCUT2D eigenvalue weighted by Crippen LogP contribution is -2.13. The molecule has 4 nitrogen and oxygen atoms in total. The predicted octanol–water partition coefficient (Wildman–Crippen LogP) is 7.91. The Morgan fingerprint density at radius 1 is 0.433 bits per heavy atom. The Kier molecular flexibility index (Phi) is 23.4. The van der Waals surface area contributed by atoms with Gasteiger partial charge in [-0.3, -0.25) is 9.59 Å². The highest BCUT2D eigenvalue weighted by Crippen LogP contribution is 2.12. The van der Waals surface area contributed by atoms with Crippen molar-refractivity contribution in [3.8, 4) is 0 Å². The van der Waals surface area contributed by atoms with Crippen molar-refractivity contribution < 1.29 is 19.1 Å². The summed E-state index contributed by atoms with van der Waals surface area (Å²) in [5.41, 5.74) is 0. The topological polar surface area (TPSA) is 52.6 Å². The van der Waals surface area contributed by atoms with Gasteiger partial charge in [-0.05, 0) is 12.8 Å². The molecular weight excluding hydrogens is 376 g/mol. The highest BCUT2D eigenvalue weighted by atomic mass is 16.6. The molecule has 0 aliphatic carbocycles. The van der Waals surface area contributed by atoms with Crippen LogP contribution in [0, 0.1) is 0 Å². The molecule has 0 aliphatic heterocycles. The van der Waals surface area contributed by atoms with E-state index >= 15 is 0 Å². The number of carbonyl (C=O) groups excluding carboxylic acids is 2. The van der Waals surface area contributed by atoms with Crippen LogP contribution in [0.4, 0.5) is 0 Å². The van der Waals surface area contributed by atoms with E-state index in [0.29, 0.717) is 12.8 Å². The van der Waals surface area contributed by atoms with Gasteiger partial charge in [-0.15, -0.1) is 0 Å². The zero-order valence-electron chi connectivity index (χ0n) is 20.2. The van der Waals surface area contributed by atoms with Crippen molar-refractivity contribution in [2.45, 2.75) is 142 Å². The first-order valence-corrected chi connectivity index (χ1v) is 13.0. The maximum absolute atomic E-state index is 11.7. The number of esters is 2. The first-order valence-electron chi connectivity index (χ1n) is 13.0. The minimum Gasteiger partial charge on any atom is -0.462 e. The zero-order valence-corrected chi connectivity index (χ0v) is 20.2. The quantitative estimate of drug-likeness (QED) is 0.123. The molecule has 0 heterocycles. The normalized spacial score (nSPS) is 10.9. The van der Waals surface area contributed by atoms with E-state index in [1.807, 2.05) is 0 Å². The molecule has 0 aromatic heterocycles. The molecule has 0 aromatic carbocycles. The Morgan fingerprint density at radius 3 is 1.00 bits per heavy atom. The molecule has 0 unspecified atom stereocenters. The Labute approximate surface area is 186 Å². The molecule has 0 atom stereocenters. The van der Waals surface area contributed by atoms with E-state index in [0.717, 1.165) is 25.7 Å². The minimum absolute atomic E-state index is 0.173. The van der Waals surface area contributed by atoms with Crippen LogP contribution in [0.2, 0.25) is 0 Å². The van der Waals surface area contributed by atoms with Gasteiger partial charge in [0.05, 0.1) is 0 Å². The van der Waals surface area contributed by atoms with Gasteiger partial charge in [-0.25, -0.2) is 0 Å². The van der Waals surface area contributed by atoms with Crippen LogP contribution in [0.1, 0.15) is 142 Å². The molecule has 0 aliphatic rings. The second kappa shape index (κ2) is 24.2. The van der Waals surface area contributed by atoms with Crippen molar-refractivity contribution in [1.29, 1.82) is 0 Å². The molecule has 0 N–H and O–H groups in total. The fraction of sp³-hybridized carbons (Fsp3) is 0.923. The predicted molar refractivity (Wildman–Crippen MR) is 126 cm³/mol. The van der Waals surface area contributed by atoms with Gasteiger partial charge in [0.1, 0.15) is 13.2 Å². The van der Waals surface area contributed by atoms with Gasteiger partial charge in [0, 0.05) is 12.8 Å². The van der Waals surface area contributed by atoms with Crippen molar-refractivity contribution in [3.05, 3.63) is 0 Å². The third-order valence-electron chi connectivity index (χ3n) is 5.58. The van der Waals surface area contributed by atoms with Crippen LogP contribution >= 0.6 is 0 Å². The fourth-order valence-electron chi connectivity index (χ4n) is 3.62. The maximum atomic E-state index is 11.7. The number of carbonyl (C=O) groups is 2. The molecule has 0 saturated heterocycles. The Balaban J connectivity index is 3.29. The SMILES string of the molecule is CCCCCCCCCCCC(=O)OCCOC(=O)CCCCCCCCCCC. The van der Waals surface area contributed by atoms with Crippen molar-refractivity contribution in [3.63, 3.8) is 0 Å². The zero-order chi connectivity index (χ0) is 22.1. The van der Waals surface area contributed by atoms with Gasteiger partial charge >= 0.3 is 11.9 Å². The third-order valence-corrected chi connectivity index (χ3v) is 5.58. The molecule has 178 valence electrons. The molecule has 0 rings (SSSR count). The van der Waals surface area contributed by atoms with Gasteiger partial charge in [0.15, 0.2) is 0 Å². The Hall–Kier alpha value is -1.06. The first kappa shape index (κ1) is 28.9. The summed E-state index contributed by atoms with van der Waals surface area (Å²) >= 11 is 0. The molecule has 0 radical (unpaired) electrons. The van der Waals surface area contributed by atoms with E-state index in [-0.39, 0.29) is 25.2 Å². The first-order chi connectivity index (χ1) is 14.7. The number of ether oxygens (including phenoxy) is 2. The lowest BCUT2D eigenvalue weighted by Gasteiger charge is -2.07. The van der Waals surface area contributed by atoms with E-state index in [1.54, 1.807) is 0 Å². The van der Waals surface area contributed by atoms with E-state index < -0.39 is 0 Å².